The summed E-state index contributed by atoms with van der Waals surface area (Å²) in [5.74, 6) is 1.31. The zero-order chi connectivity index (χ0) is 19.4. The van der Waals surface area contributed by atoms with Crippen molar-refractivity contribution in [3.8, 4) is 0 Å². The van der Waals surface area contributed by atoms with Crippen molar-refractivity contribution in [3.63, 3.8) is 0 Å². The highest BCUT2D eigenvalue weighted by Crippen LogP contribution is 2.40. The SMILES string of the molecule is Cc1ccc(NC(=O)c2sc3nc(C4CC4)nc(C)c3c2C)c2cccnc12. The molecule has 1 aliphatic rings. The van der Waals surface area contributed by atoms with Crippen LogP contribution in [0.2, 0.25) is 0 Å². The summed E-state index contributed by atoms with van der Waals surface area (Å²) in [4.78, 5) is 28.6. The Morgan fingerprint density at radius 3 is 2.75 bits per heavy atom. The van der Waals surface area contributed by atoms with Gasteiger partial charge >= 0.3 is 0 Å². The molecular formula is C22H20N4OS. The number of benzene rings is 1. The number of rotatable bonds is 3. The minimum absolute atomic E-state index is 0.109. The van der Waals surface area contributed by atoms with Crippen LogP contribution in [-0.2, 0) is 0 Å². The lowest BCUT2D eigenvalue weighted by molar-refractivity contribution is 0.103. The number of aryl methyl sites for hydroxylation is 3. The van der Waals surface area contributed by atoms with Gasteiger partial charge in [0.2, 0.25) is 0 Å². The standard InChI is InChI=1S/C22H20N4OS/c1-11-6-9-16(15-5-4-10-23-18(11)15)25-21(27)19-12(2)17-13(3)24-20(14-7-8-14)26-22(17)28-19/h4-6,9-10,14H,7-8H2,1-3H3,(H,25,27). The Kier molecular flexibility index (Phi) is 3.91. The summed E-state index contributed by atoms with van der Waals surface area (Å²) in [6.07, 6.45) is 4.10. The molecular weight excluding hydrogens is 368 g/mol. The first-order valence-corrected chi connectivity index (χ1v) is 10.3. The zero-order valence-corrected chi connectivity index (χ0v) is 16.9. The molecule has 3 heterocycles. The summed E-state index contributed by atoms with van der Waals surface area (Å²) in [7, 11) is 0. The van der Waals surface area contributed by atoms with Gasteiger partial charge in [0.05, 0.1) is 21.8 Å². The average molecular weight is 388 g/mol. The monoisotopic (exact) mass is 388 g/mol. The molecule has 0 atom stereocenters. The summed E-state index contributed by atoms with van der Waals surface area (Å²) >= 11 is 1.45. The van der Waals surface area contributed by atoms with E-state index >= 15 is 0 Å². The fraction of sp³-hybridized carbons (Fsp3) is 0.273. The van der Waals surface area contributed by atoms with Crippen LogP contribution in [0.1, 0.15) is 51.1 Å². The molecule has 0 spiro atoms. The van der Waals surface area contributed by atoms with Gasteiger partial charge in [-0.15, -0.1) is 11.3 Å². The van der Waals surface area contributed by atoms with Crippen molar-refractivity contribution in [2.45, 2.75) is 39.5 Å². The number of nitrogens with zero attached hydrogens (tertiary/aromatic N) is 3. The third-order valence-corrected chi connectivity index (χ3v) is 6.54. The van der Waals surface area contributed by atoms with Gasteiger partial charge in [0.1, 0.15) is 10.7 Å². The lowest BCUT2D eigenvalue weighted by atomic mass is 10.1. The number of aromatic nitrogens is 3. The Labute approximate surface area is 166 Å². The van der Waals surface area contributed by atoms with E-state index < -0.39 is 0 Å². The molecule has 0 bridgehead atoms. The van der Waals surface area contributed by atoms with Crippen LogP contribution in [0.3, 0.4) is 0 Å². The van der Waals surface area contributed by atoms with Gasteiger partial charge < -0.3 is 5.32 Å². The maximum Gasteiger partial charge on any atom is 0.266 e. The van der Waals surface area contributed by atoms with Crippen molar-refractivity contribution in [2.75, 3.05) is 5.32 Å². The minimum Gasteiger partial charge on any atom is -0.321 e. The van der Waals surface area contributed by atoms with Gasteiger partial charge in [-0.1, -0.05) is 6.07 Å². The van der Waals surface area contributed by atoms with E-state index in [9.17, 15) is 4.79 Å². The number of hydrogen-bond acceptors (Lipinski definition) is 5. The number of anilines is 1. The molecule has 140 valence electrons. The van der Waals surface area contributed by atoms with E-state index in [4.69, 9.17) is 4.98 Å². The van der Waals surface area contributed by atoms with E-state index in [1.807, 2.05) is 45.0 Å². The maximum absolute atomic E-state index is 13.1. The topological polar surface area (TPSA) is 67.8 Å². The Balaban J connectivity index is 1.56. The first-order chi connectivity index (χ1) is 13.5. The molecule has 0 saturated heterocycles. The molecule has 0 aliphatic heterocycles. The van der Waals surface area contributed by atoms with Crippen molar-refractivity contribution in [1.82, 2.24) is 15.0 Å². The van der Waals surface area contributed by atoms with E-state index in [0.717, 1.165) is 62.3 Å². The Hall–Kier alpha value is -2.86. The molecule has 5 nitrogen and oxygen atoms in total. The van der Waals surface area contributed by atoms with Gasteiger partial charge in [-0.25, -0.2) is 9.97 Å². The maximum atomic E-state index is 13.1. The van der Waals surface area contributed by atoms with Crippen molar-refractivity contribution in [1.29, 1.82) is 0 Å². The second kappa shape index (κ2) is 6.34. The summed E-state index contributed by atoms with van der Waals surface area (Å²) in [6, 6.07) is 7.80. The molecule has 1 aromatic carbocycles. The van der Waals surface area contributed by atoms with E-state index in [1.54, 1.807) is 6.20 Å². The predicted molar refractivity (Wildman–Crippen MR) is 113 cm³/mol. The molecule has 1 saturated carbocycles. The number of hydrogen-bond donors (Lipinski definition) is 1. The van der Waals surface area contributed by atoms with Crippen molar-refractivity contribution < 1.29 is 4.79 Å². The molecule has 1 N–H and O–H groups in total. The summed E-state index contributed by atoms with van der Waals surface area (Å²) in [5, 5.41) is 5.04. The fourth-order valence-corrected chi connectivity index (χ4v) is 4.84. The number of thiophene rings is 1. The summed E-state index contributed by atoms with van der Waals surface area (Å²) < 4.78 is 0. The molecule has 1 aliphatic carbocycles. The fourth-order valence-electron chi connectivity index (χ4n) is 3.70. The number of pyridine rings is 1. The van der Waals surface area contributed by atoms with E-state index in [0.29, 0.717) is 10.8 Å². The van der Waals surface area contributed by atoms with Crippen LogP contribution in [-0.4, -0.2) is 20.9 Å². The first kappa shape index (κ1) is 17.3. The largest absolute Gasteiger partial charge is 0.321 e. The molecule has 5 rings (SSSR count). The Bertz CT molecular complexity index is 1260. The van der Waals surface area contributed by atoms with Gasteiger partial charge in [0, 0.05) is 22.9 Å². The van der Waals surface area contributed by atoms with Crippen LogP contribution < -0.4 is 5.32 Å². The van der Waals surface area contributed by atoms with Crippen LogP contribution in [0.4, 0.5) is 5.69 Å². The van der Waals surface area contributed by atoms with Gasteiger partial charge in [-0.05, 0) is 62.9 Å². The normalized spacial score (nSPS) is 14.0. The minimum atomic E-state index is -0.109. The second-order valence-corrected chi connectivity index (χ2v) is 8.46. The molecule has 0 unspecified atom stereocenters. The van der Waals surface area contributed by atoms with Crippen LogP contribution in [0.15, 0.2) is 30.5 Å². The number of carbonyl (C=O) groups is 1. The molecule has 6 heteroatoms. The first-order valence-electron chi connectivity index (χ1n) is 9.46. The Morgan fingerprint density at radius 2 is 1.96 bits per heavy atom. The van der Waals surface area contributed by atoms with Gasteiger partial charge in [-0.2, -0.15) is 0 Å². The highest BCUT2D eigenvalue weighted by Gasteiger charge is 2.28. The molecule has 28 heavy (non-hydrogen) atoms. The smallest absolute Gasteiger partial charge is 0.266 e. The number of nitrogens with one attached hydrogen (secondary N) is 1. The van der Waals surface area contributed by atoms with Crippen molar-refractivity contribution in [2.24, 2.45) is 0 Å². The van der Waals surface area contributed by atoms with Gasteiger partial charge in [0.25, 0.3) is 5.91 Å². The lowest BCUT2D eigenvalue weighted by Gasteiger charge is -2.09. The van der Waals surface area contributed by atoms with E-state index in [1.165, 1.54) is 11.3 Å². The average Bonchev–Trinajstić information content (AvgIpc) is 3.48. The molecule has 1 fully saturated rings. The predicted octanol–water partition coefficient (Wildman–Crippen LogP) is 5.29. The molecule has 3 aromatic heterocycles. The summed E-state index contributed by atoms with van der Waals surface area (Å²) in [5.41, 5.74) is 4.68. The van der Waals surface area contributed by atoms with Crippen molar-refractivity contribution in [3.05, 3.63) is 58.0 Å². The zero-order valence-electron chi connectivity index (χ0n) is 16.0. The van der Waals surface area contributed by atoms with E-state index in [-0.39, 0.29) is 5.91 Å². The number of amides is 1. The molecule has 0 radical (unpaired) electrons. The quantitative estimate of drug-likeness (QED) is 0.517. The molecule has 1 amide bonds. The van der Waals surface area contributed by atoms with Crippen molar-refractivity contribution >= 4 is 44.1 Å². The number of carbonyl (C=O) groups excluding carboxylic acids is 1. The Morgan fingerprint density at radius 1 is 1.14 bits per heavy atom. The van der Waals surface area contributed by atoms with Crippen LogP contribution >= 0.6 is 11.3 Å². The third kappa shape index (κ3) is 2.76. The van der Waals surface area contributed by atoms with Crippen LogP contribution in [0.25, 0.3) is 21.1 Å². The van der Waals surface area contributed by atoms with E-state index in [2.05, 4.69) is 15.3 Å². The van der Waals surface area contributed by atoms with Crippen LogP contribution in [0, 0.1) is 20.8 Å². The highest BCUT2D eigenvalue weighted by molar-refractivity contribution is 7.20. The second-order valence-electron chi connectivity index (χ2n) is 7.46. The van der Waals surface area contributed by atoms with Crippen LogP contribution in [0.5, 0.6) is 0 Å². The van der Waals surface area contributed by atoms with Gasteiger partial charge in [-0.3, -0.25) is 9.78 Å². The summed E-state index contributed by atoms with van der Waals surface area (Å²) in [6.45, 7) is 6.02. The number of fused-ring (bicyclic) bond motifs is 2. The van der Waals surface area contributed by atoms with Gasteiger partial charge in [0.15, 0.2) is 0 Å². The third-order valence-electron chi connectivity index (χ3n) is 5.36. The lowest BCUT2D eigenvalue weighted by Crippen LogP contribution is -2.12. The molecule has 4 aromatic rings. The highest BCUT2D eigenvalue weighted by atomic mass is 32.1.